The molecular formula is C13H19N3O3. The van der Waals surface area contributed by atoms with Crippen LogP contribution in [0.4, 0.5) is 5.82 Å². The minimum absolute atomic E-state index is 0.255. The predicted molar refractivity (Wildman–Crippen MR) is 71.4 cm³/mol. The number of aromatic nitrogens is 2. The van der Waals surface area contributed by atoms with Crippen molar-refractivity contribution in [2.75, 3.05) is 11.4 Å². The molecule has 0 bridgehead atoms. The Kier molecular flexibility index (Phi) is 3.34. The quantitative estimate of drug-likeness (QED) is 0.838. The first kappa shape index (κ1) is 13.6. The van der Waals surface area contributed by atoms with Gasteiger partial charge in [0, 0.05) is 12.6 Å². The number of hydrogen-bond acceptors (Lipinski definition) is 4. The molecule has 0 spiro atoms. The molecule has 1 aromatic rings. The van der Waals surface area contributed by atoms with E-state index in [9.17, 15) is 14.7 Å². The highest BCUT2D eigenvalue weighted by atomic mass is 16.4. The van der Waals surface area contributed by atoms with E-state index in [1.165, 1.54) is 6.07 Å². The second-order valence-electron chi connectivity index (χ2n) is 5.72. The van der Waals surface area contributed by atoms with Gasteiger partial charge in [-0.05, 0) is 25.2 Å². The maximum atomic E-state index is 11.6. The number of rotatable bonds is 2. The average Bonchev–Trinajstić information content (AvgIpc) is 2.25. The van der Waals surface area contributed by atoms with Crippen LogP contribution in [-0.2, 0) is 4.79 Å². The largest absolute Gasteiger partial charge is 0.480 e. The second kappa shape index (κ2) is 4.68. The van der Waals surface area contributed by atoms with Crippen LogP contribution >= 0.6 is 0 Å². The number of carboxylic acid groups (broad SMARTS) is 1. The Hall–Kier alpha value is -1.85. The Morgan fingerprint density at radius 1 is 1.58 bits per heavy atom. The fourth-order valence-electron chi connectivity index (χ4n) is 2.82. The summed E-state index contributed by atoms with van der Waals surface area (Å²) in [7, 11) is 0. The van der Waals surface area contributed by atoms with Gasteiger partial charge in [-0.2, -0.15) is 0 Å². The number of carboxylic acids is 1. The Morgan fingerprint density at radius 2 is 2.26 bits per heavy atom. The third-order valence-electron chi connectivity index (χ3n) is 3.65. The number of aromatic amines is 1. The lowest BCUT2D eigenvalue weighted by atomic mass is 9.76. The van der Waals surface area contributed by atoms with E-state index in [-0.39, 0.29) is 11.0 Å². The molecule has 0 saturated carbocycles. The molecule has 1 atom stereocenters. The first-order valence-corrected chi connectivity index (χ1v) is 6.39. The maximum absolute atomic E-state index is 11.6. The predicted octanol–water partition coefficient (Wildman–Crippen LogP) is 1.16. The summed E-state index contributed by atoms with van der Waals surface area (Å²) in [6, 6.07) is 0.708. The number of nitrogens with zero attached hydrogens (tertiary/aromatic N) is 2. The molecule has 2 heterocycles. The van der Waals surface area contributed by atoms with Crippen LogP contribution in [0.3, 0.4) is 0 Å². The number of piperidine rings is 1. The van der Waals surface area contributed by atoms with Gasteiger partial charge in [-0.25, -0.2) is 9.78 Å². The van der Waals surface area contributed by atoms with Gasteiger partial charge in [-0.15, -0.1) is 0 Å². The number of hydrogen-bond donors (Lipinski definition) is 2. The molecule has 1 aliphatic heterocycles. The van der Waals surface area contributed by atoms with Crippen LogP contribution in [-0.4, -0.2) is 33.6 Å². The Labute approximate surface area is 111 Å². The lowest BCUT2D eigenvalue weighted by Crippen LogP contribution is -2.55. The van der Waals surface area contributed by atoms with Gasteiger partial charge in [0.2, 0.25) is 0 Å². The lowest BCUT2D eigenvalue weighted by molar-refractivity contribution is -0.142. The lowest BCUT2D eigenvalue weighted by Gasteiger charge is -2.44. The molecule has 0 radical (unpaired) electrons. The number of H-pyrrole nitrogens is 1. The molecule has 104 valence electrons. The second-order valence-corrected chi connectivity index (χ2v) is 5.72. The zero-order valence-electron chi connectivity index (χ0n) is 11.4. The monoisotopic (exact) mass is 265 g/mol. The summed E-state index contributed by atoms with van der Waals surface area (Å²) < 4.78 is 0. The van der Waals surface area contributed by atoms with E-state index in [4.69, 9.17) is 0 Å². The van der Waals surface area contributed by atoms with E-state index in [0.717, 1.165) is 12.8 Å². The molecule has 0 aliphatic carbocycles. The van der Waals surface area contributed by atoms with Crippen molar-refractivity contribution < 1.29 is 9.90 Å². The average molecular weight is 265 g/mol. The molecule has 1 aromatic heterocycles. The highest BCUT2D eigenvalue weighted by Crippen LogP contribution is 2.36. The highest BCUT2D eigenvalue weighted by Gasteiger charge is 2.43. The summed E-state index contributed by atoms with van der Waals surface area (Å²) in [6.07, 6.45) is 1.74. The van der Waals surface area contributed by atoms with Gasteiger partial charge in [-0.3, -0.25) is 4.79 Å². The standard InChI is InChI=1S/C13H19N3O3/c1-8-14-9(7-10(17)15-8)16-6-4-5-13(2,3)11(16)12(18)19/h7,11H,4-6H2,1-3H3,(H,18,19)(H,14,15,17). The van der Waals surface area contributed by atoms with Crippen molar-refractivity contribution in [1.29, 1.82) is 0 Å². The number of anilines is 1. The van der Waals surface area contributed by atoms with Crippen LogP contribution < -0.4 is 10.5 Å². The van der Waals surface area contributed by atoms with Gasteiger partial charge < -0.3 is 15.0 Å². The molecule has 1 saturated heterocycles. The van der Waals surface area contributed by atoms with Gasteiger partial charge in [0.15, 0.2) is 0 Å². The first-order valence-electron chi connectivity index (χ1n) is 6.39. The van der Waals surface area contributed by atoms with E-state index in [0.29, 0.717) is 18.2 Å². The Balaban J connectivity index is 2.46. The summed E-state index contributed by atoms with van der Waals surface area (Å²) in [5.74, 6) is 0.0703. The number of aliphatic carboxylic acids is 1. The fraction of sp³-hybridized carbons (Fsp3) is 0.615. The molecule has 6 nitrogen and oxygen atoms in total. The SMILES string of the molecule is Cc1nc(N2CCCC(C)(C)C2C(=O)O)cc(=O)[nH]1. The third kappa shape index (κ3) is 2.62. The molecule has 0 amide bonds. The van der Waals surface area contributed by atoms with E-state index >= 15 is 0 Å². The van der Waals surface area contributed by atoms with E-state index < -0.39 is 12.0 Å². The summed E-state index contributed by atoms with van der Waals surface area (Å²) in [6.45, 7) is 6.18. The summed E-state index contributed by atoms with van der Waals surface area (Å²) in [5, 5.41) is 9.49. The van der Waals surface area contributed by atoms with Gasteiger partial charge in [0.1, 0.15) is 17.7 Å². The van der Waals surface area contributed by atoms with E-state index in [1.54, 1.807) is 11.8 Å². The highest BCUT2D eigenvalue weighted by molar-refractivity contribution is 5.79. The number of carbonyl (C=O) groups is 1. The van der Waals surface area contributed by atoms with Gasteiger partial charge in [0.25, 0.3) is 5.56 Å². The molecule has 2 rings (SSSR count). The van der Waals surface area contributed by atoms with Gasteiger partial charge in [0.05, 0.1) is 0 Å². The van der Waals surface area contributed by atoms with Crippen LogP contribution in [0.5, 0.6) is 0 Å². The molecule has 1 fully saturated rings. The zero-order chi connectivity index (χ0) is 14.2. The Morgan fingerprint density at radius 3 is 2.84 bits per heavy atom. The number of nitrogens with one attached hydrogen (secondary N) is 1. The van der Waals surface area contributed by atoms with Crippen molar-refractivity contribution in [2.45, 2.75) is 39.7 Å². The van der Waals surface area contributed by atoms with E-state index in [2.05, 4.69) is 9.97 Å². The van der Waals surface area contributed by atoms with Crippen LogP contribution in [0.1, 0.15) is 32.5 Å². The van der Waals surface area contributed by atoms with Crippen LogP contribution in [0, 0.1) is 12.3 Å². The third-order valence-corrected chi connectivity index (χ3v) is 3.65. The van der Waals surface area contributed by atoms with Gasteiger partial charge >= 0.3 is 5.97 Å². The summed E-state index contributed by atoms with van der Waals surface area (Å²) in [4.78, 5) is 31.7. The van der Waals surface area contributed by atoms with Crippen molar-refractivity contribution in [3.05, 3.63) is 22.2 Å². The van der Waals surface area contributed by atoms with Crippen LogP contribution in [0.15, 0.2) is 10.9 Å². The van der Waals surface area contributed by atoms with Crippen molar-refractivity contribution in [2.24, 2.45) is 5.41 Å². The van der Waals surface area contributed by atoms with Crippen LogP contribution in [0.2, 0.25) is 0 Å². The molecule has 0 aromatic carbocycles. The maximum Gasteiger partial charge on any atom is 0.326 e. The minimum atomic E-state index is -0.871. The molecule has 19 heavy (non-hydrogen) atoms. The molecule has 2 N–H and O–H groups in total. The minimum Gasteiger partial charge on any atom is -0.480 e. The summed E-state index contributed by atoms with van der Waals surface area (Å²) >= 11 is 0. The normalized spacial score (nSPS) is 22.3. The zero-order valence-corrected chi connectivity index (χ0v) is 11.4. The fourth-order valence-corrected chi connectivity index (χ4v) is 2.82. The molecule has 6 heteroatoms. The summed E-state index contributed by atoms with van der Waals surface area (Å²) in [5.41, 5.74) is -0.600. The van der Waals surface area contributed by atoms with Crippen molar-refractivity contribution >= 4 is 11.8 Å². The van der Waals surface area contributed by atoms with E-state index in [1.807, 2.05) is 13.8 Å². The van der Waals surface area contributed by atoms with Crippen molar-refractivity contribution in [3.63, 3.8) is 0 Å². The Bertz CT molecular complexity index is 550. The smallest absolute Gasteiger partial charge is 0.326 e. The van der Waals surface area contributed by atoms with Crippen molar-refractivity contribution in [3.8, 4) is 0 Å². The first-order chi connectivity index (χ1) is 8.81. The number of aryl methyl sites for hydroxylation is 1. The van der Waals surface area contributed by atoms with Crippen molar-refractivity contribution in [1.82, 2.24) is 9.97 Å². The van der Waals surface area contributed by atoms with Gasteiger partial charge in [-0.1, -0.05) is 13.8 Å². The van der Waals surface area contributed by atoms with Crippen LogP contribution in [0.25, 0.3) is 0 Å². The molecule has 1 aliphatic rings. The topological polar surface area (TPSA) is 86.3 Å². The molecule has 1 unspecified atom stereocenters. The molecular weight excluding hydrogens is 246 g/mol.